The Morgan fingerprint density at radius 3 is 1.62 bits per heavy atom. The zero-order valence-electron chi connectivity index (χ0n) is 14.2. The lowest BCUT2D eigenvalue weighted by Crippen LogP contribution is -2.10. The van der Waals surface area contributed by atoms with Gasteiger partial charge in [0.15, 0.2) is 0 Å². The predicted octanol–water partition coefficient (Wildman–Crippen LogP) is 4.22. The van der Waals surface area contributed by atoms with Crippen LogP contribution in [-0.4, -0.2) is 21.9 Å². The number of hydrogen-bond acceptors (Lipinski definition) is 2. The smallest absolute Gasteiger partial charge is 0.231 e. The highest BCUT2D eigenvalue weighted by molar-refractivity contribution is 5.67. The van der Waals surface area contributed by atoms with Crippen molar-refractivity contribution in [2.45, 2.75) is 12.8 Å². The van der Waals surface area contributed by atoms with Crippen LogP contribution in [0.25, 0.3) is 0 Å². The molecule has 2 aliphatic rings. The topological polar surface area (TPSA) is 24.5 Å². The number of rotatable bonds is 4. The summed E-state index contributed by atoms with van der Waals surface area (Å²) in [5.74, 6) is 1.48. The Hall–Kier alpha value is -3.40. The van der Waals surface area contributed by atoms with E-state index in [-0.39, 0.29) is 0 Å². The molecule has 0 aromatic heterocycles. The Morgan fingerprint density at radius 2 is 1.08 bits per heavy atom. The highest BCUT2D eigenvalue weighted by atomic mass is 16.7. The van der Waals surface area contributed by atoms with Gasteiger partial charge in [-0.15, -0.1) is 0 Å². The lowest BCUT2D eigenvalue weighted by atomic mass is 10.2. The molecular weight excluding hydrogens is 324 g/mol. The maximum Gasteiger partial charge on any atom is 0.261 e. The number of para-hydroxylation sites is 2. The molecule has 126 valence electrons. The molecule has 0 fully saturated rings. The minimum absolute atomic E-state index is 0.739. The molecule has 2 heterocycles. The van der Waals surface area contributed by atoms with Gasteiger partial charge in [-0.05, 0) is 12.1 Å². The first-order valence-electron chi connectivity index (χ1n) is 8.74. The average molecular weight is 342 g/mol. The van der Waals surface area contributed by atoms with Gasteiger partial charge in [0.25, 0.3) is 11.4 Å². The monoisotopic (exact) mass is 342 g/mol. The molecule has 0 radical (unpaired) electrons. The Balaban J connectivity index is 1.36. The molecule has 0 saturated carbocycles. The standard InChI is InChI=1S/C22H18N2O2/c1-3-10-21-17(6-1)12-14-23(21)25-19-8-5-9-20(16-19)26-24-15-13-18-7-2-4-11-22(18)24/h1-11,14-16H,12-13H2/q+2. The summed E-state index contributed by atoms with van der Waals surface area (Å²) in [7, 11) is 0. The average Bonchev–Trinajstić information content (AvgIpc) is 3.27. The number of fused-ring (bicyclic) bond motifs is 2. The molecular formula is C22H18N2O2+2. The third kappa shape index (κ3) is 2.65. The summed E-state index contributed by atoms with van der Waals surface area (Å²) >= 11 is 0. The summed E-state index contributed by atoms with van der Waals surface area (Å²) < 4.78 is 3.65. The normalized spacial score (nSPS) is 14.3. The fourth-order valence-corrected chi connectivity index (χ4v) is 3.34. The third-order valence-electron chi connectivity index (χ3n) is 4.63. The summed E-state index contributed by atoms with van der Waals surface area (Å²) in [4.78, 5) is 12.1. The van der Waals surface area contributed by atoms with E-state index in [1.807, 2.05) is 58.3 Å². The molecule has 0 bridgehead atoms. The van der Waals surface area contributed by atoms with Gasteiger partial charge in [-0.2, -0.15) is 0 Å². The first-order chi connectivity index (χ1) is 12.9. The van der Waals surface area contributed by atoms with Crippen LogP contribution in [-0.2, 0) is 12.8 Å². The first-order valence-corrected chi connectivity index (χ1v) is 8.74. The van der Waals surface area contributed by atoms with Gasteiger partial charge in [0.1, 0.15) is 0 Å². The van der Waals surface area contributed by atoms with Crippen LogP contribution in [0.15, 0.2) is 72.8 Å². The molecule has 4 nitrogen and oxygen atoms in total. The van der Waals surface area contributed by atoms with Gasteiger partial charge < -0.3 is 0 Å². The van der Waals surface area contributed by atoms with Crippen molar-refractivity contribution in [3.63, 3.8) is 0 Å². The lowest BCUT2D eigenvalue weighted by molar-refractivity contribution is -0.677. The second kappa shape index (κ2) is 6.15. The van der Waals surface area contributed by atoms with Crippen molar-refractivity contribution in [2.75, 3.05) is 0 Å². The van der Waals surface area contributed by atoms with Crippen LogP contribution in [0.5, 0.6) is 11.5 Å². The van der Waals surface area contributed by atoms with Gasteiger partial charge in [-0.25, -0.2) is 9.68 Å². The Morgan fingerprint density at radius 1 is 0.577 bits per heavy atom. The van der Waals surface area contributed by atoms with Crippen LogP contribution < -0.4 is 9.68 Å². The summed E-state index contributed by atoms with van der Waals surface area (Å²) in [5, 5.41) is 0. The zero-order valence-corrected chi connectivity index (χ0v) is 14.2. The molecule has 0 aliphatic carbocycles. The van der Waals surface area contributed by atoms with E-state index in [9.17, 15) is 0 Å². The van der Waals surface area contributed by atoms with Gasteiger partial charge in [0, 0.05) is 38.8 Å². The molecule has 3 aromatic carbocycles. The maximum atomic E-state index is 6.05. The first kappa shape index (κ1) is 14.9. The van der Waals surface area contributed by atoms with Gasteiger partial charge in [0.2, 0.25) is 23.9 Å². The molecule has 5 rings (SSSR count). The second-order valence-electron chi connectivity index (χ2n) is 6.34. The predicted molar refractivity (Wildman–Crippen MR) is 100.0 cm³/mol. The largest absolute Gasteiger partial charge is 0.261 e. The van der Waals surface area contributed by atoms with Crippen molar-refractivity contribution in [1.82, 2.24) is 0 Å². The fraction of sp³-hybridized carbons (Fsp3) is 0.0909. The van der Waals surface area contributed by atoms with Crippen LogP contribution in [0.1, 0.15) is 11.1 Å². The molecule has 0 amide bonds. The number of benzene rings is 3. The van der Waals surface area contributed by atoms with E-state index in [2.05, 4.69) is 36.4 Å². The molecule has 0 saturated heterocycles. The quantitative estimate of drug-likeness (QED) is 0.663. The van der Waals surface area contributed by atoms with E-state index < -0.39 is 0 Å². The molecule has 0 spiro atoms. The van der Waals surface area contributed by atoms with Crippen molar-refractivity contribution < 1.29 is 19.2 Å². The summed E-state index contributed by atoms with van der Waals surface area (Å²) in [6, 6.07) is 24.2. The molecule has 2 aliphatic heterocycles. The van der Waals surface area contributed by atoms with Crippen LogP contribution >= 0.6 is 0 Å². The van der Waals surface area contributed by atoms with E-state index in [0.717, 1.165) is 35.7 Å². The van der Waals surface area contributed by atoms with E-state index in [0.29, 0.717) is 0 Å². The molecule has 4 heteroatoms. The van der Waals surface area contributed by atoms with Crippen molar-refractivity contribution in [2.24, 2.45) is 0 Å². The number of hydrogen-bond donors (Lipinski definition) is 0. The summed E-state index contributed by atoms with van der Waals surface area (Å²) in [5.41, 5.74) is 4.70. The van der Waals surface area contributed by atoms with E-state index in [4.69, 9.17) is 9.68 Å². The fourth-order valence-electron chi connectivity index (χ4n) is 3.34. The van der Waals surface area contributed by atoms with E-state index >= 15 is 0 Å². The third-order valence-corrected chi connectivity index (χ3v) is 4.63. The van der Waals surface area contributed by atoms with Crippen molar-refractivity contribution >= 4 is 23.8 Å². The van der Waals surface area contributed by atoms with Gasteiger partial charge in [-0.1, -0.05) is 42.5 Å². The highest BCUT2D eigenvalue weighted by Crippen LogP contribution is 2.29. The molecule has 0 atom stereocenters. The maximum absolute atomic E-state index is 6.05. The zero-order chi connectivity index (χ0) is 17.3. The minimum atomic E-state index is 0.739. The lowest BCUT2D eigenvalue weighted by Gasteiger charge is -2.03. The van der Waals surface area contributed by atoms with Crippen molar-refractivity contribution in [3.05, 3.63) is 83.9 Å². The second-order valence-corrected chi connectivity index (χ2v) is 6.34. The van der Waals surface area contributed by atoms with Crippen molar-refractivity contribution in [3.8, 4) is 11.5 Å². The Labute approximate surface area is 151 Å². The Bertz CT molecular complexity index is 973. The molecule has 26 heavy (non-hydrogen) atoms. The van der Waals surface area contributed by atoms with Gasteiger partial charge in [-0.3, -0.25) is 0 Å². The van der Waals surface area contributed by atoms with Crippen LogP contribution in [0.4, 0.5) is 11.4 Å². The Kier molecular flexibility index (Phi) is 3.53. The van der Waals surface area contributed by atoms with Gasteiger partial charge in [0.05, 0.1) is 12.8 Å². The van der Waals surface area contributed by atoms with E-state index in [1.54, 1.807) is 0 Å². The van der Waals surface area contributed by atoms with Crippen molar-refractivity contribution in [1.29, 1.82) is 0 Å². The van der Waals surface area contributed by atoms with Gasteiger partial charge >= 0.3 is 0 Å². The molecule has 0 N–H and O–H groups in total. The number of nitrogens with zero attached hydrogens (tertiary/aromatic N) is 2. The summed E-state index contributed by atoms with van der Waals surface area (Å²) in [6.07, 6.45) is 5.85. The van der Waals surface area contributed by atoms with Crippen LogP contribution in [0.3, 0.4) is 0 Å². The van der Waals surface area contributed by atoms with E-state index in [1.165, 1.54) is 11.1 Å². The molecule has 0 unspecified atom stereocenters. The minimum Gasteiger partial charge on any atom is -0.231 e. The summed E-state index contributed by atoms with van der Waals surface area (Å²) in [6.45, 7) is 0. The SMILES string of the molecule is C1=[N+](Oc2cccc(O[N+]3=CCc4ccccc43)c2)c2ccccc2C1. The van der Waals surface area contributed by atoms with Crippen LogP contribution in [0, 0.1) is 0 Å². The highest BCUT2D eigenvalue weighted by Gasteiger charge is 2.26. The van der Waals surface area contributed by atoms with Crippen LogP contribution in [0.2, 0.25) is 0 Å². The molecule has 3 aromatic rings.